The van der Waals surface area contributed by atoms with Gasteiger partial charge in [-0.2, -0.15) is 0 Å². The fourth-order valence-corrected chi connectivity index (χ4v) is 7.36. The molecule has 1 saturated heterocycles. The molecule has 2 aromatic heterocycles. The normalized spacial score (nSPS) is 14.0. The van der Waals surface area contributed by atoms with E-state index in [0.29, 0.717) is 11.7 Å². The number of benzene rings is 2. The number of amides is 1. The number of thioether (sulfide) groups is 1. The van der Waals surface area contributed by atoms with Gasteiger partial charge in [-0.3, -0.25) is 10.2 Å². The molecule has 2 aromatic carbocycles. The van der Waals surface area contributed by atoms with Crippen molar-refractivity contribution in [3.8, 4) is 27.6 Å². The van der Waals surface area contributed by atoms with E-state index in [9.17, 15) is 4.79 Å². The predicted molar refractivity (Wildman–Crippen MR) is 159 cm³/mol. The van der Waals surface area contributed by atoms with E-state index in [-0.39, 0.29) is 18.3 Å². The number of rotatable bonds is 9. The van der Waals surface area contributed by atoms with Crippen molar-refractivity contribution in [3.63, 3.8) is 0 Å². The first-order chi connectivity index (χ1) is 18.5. The number of aromatic nitrogens is 1. The lowest BCUT2D eigenvalue weighted by Crippen LogP contribution is -2.41. The molecule has 3 N–H and O–H groups in total. The van der Waals surface area contributed by atoms with Crippen LogP contribution in [0.15, 0.2) is 70.3 Å². The van der Waals surface area contributed by atoms with Crippen molar-refractivity contribution in [1.29, 1.82) is 5.41 Å². The largest absolute Gasteiger partial charge is 0.484 e. The molecule has 3 heterocycles. The van der Waals surface area contributed by atoms with Crippen molar-refractivity contribution in [2.24, 2.45) is 11.7 Å². The van der Waals surface area contributed by atoms with Gasteiger partial charge in [-0.25, -0.2) is 4.98 Å². The Morgan fingerprint density at radius 2 is 1.95 bits per heavy atom. The third kappa shape index (κ3) is 6.28. The molecule has 1 aliphatic heterocycles. The number of thiazole rings is 1. The van der Waals surface area contributed by atoms with Crippen LogP contribution >= 0.6 is 34.4 Å². The molecule has 196 valence electrons. The number of thiophene rings is 1. The van der Waals surface area contributed by atoms with Gasteiger partial charge in [0, 0.05) is 29.6 Å². The van der Waals surface area contributed by atoms with E-state index in [2.05, 4.69) is 24.3 Å². The summed E-state index contributed by atoms with van der Waals surface area (Å²) in [4.78, 5) is 20.4. The minimum atomic E-state index is 0.0350. The van der Waals surface area contributed by atoms with E-state index in [4.69, 9.17) is 20.9 Å². The van der Waals surface area contributed by atoms with Crippen LogP contribution in [0.5, 0.6) is 5.75 Å². The van der Waals surface area contributed by atoms with Gasteiger partial charge in [0.1, 0.15) is 16.6 Å². The van der Waals surface area contributed by atoms with Crippen LogP contribution in [0, 0.1) is 11.3 Å². The van der Waals surface area contributed by atoms with Gasteiger partial charge in [0.25, 0.3) is 5.91 Å². The monoisotopic (exact) mass is 562 g/mol. The first kappa shape index (κ1) is 26.5. The summed E-state index contributed by atoms with van der Waals surface area (Å²) in [5.41, 5.74) is 9.87. The lowest BCUT2D eigenvalue weighted by atomic mass is 9.90. The van der Waals surface area contributed by atoms with Crippen LogP contribution in [0.1, 0.15) is 23.3 Å². The molecule has 6 nitrogen and oxygen atoms in total. The number of hydrogen-bond donors (Lipinski definition) is 2. The summed E-state index contributed by atoms with van der Waals surface area (Å²) in [6.07, 6.45) is 5.15. The Morgan fingerprint density at radius 3 is 2.68 bits per heavy atom. The Bertz CT molecular complexity index is 1410. The average molecular weight is 563 g/mol. The number of piperidine rings is 1. The summed E-state index contributed by atoms with van der Waals surface area (Å²) in [7, 11) is 0. The quantitative estimate of drug-likeness (QED) is 0.140. The number of carbonyl (C=O) groups excluding carboxylic acids is 1. The third-order valence-corrected chi connectivity index (χ3v) is 9.89. The Labute approximate surface area is 235 Å². The number of nitrogens with zero attached hydrogens (tertiary/aromatic N) is 2. The molecule has 5 rings (SSSR count). The van der Waals surface area contributed by atoms with Crippen molar-refractivity contribution < 1.29 is 9.53 Å². The van der Waals surface area contributed by atoms with E-state index in [0.717, 1.165) is 63.3 Å². The van der Waals surface area contributed by atoms with Crippen LogP contribution in [0.4, 0.5) is 0 Å². The van der Waals surface area contributed by atoms with Crippen LogP contribution in [-0.4, -0.2) is 47.6 Å². The molecule has 1 aliphatic rings. The average Bonchev–Trinajstić information content (AvgIpc) is 3.61. The van der Waals surface area contributed by atoms with Crippen molar-refractivity contribution >= 4 is 46.2 Å². The Kier molecular flexibility index (Phi) is 8.46. The minimum absolute atomic E-state index is 0.0350. The van der Waals surface area contributed by atoms with Crippen LogP contribution in [-0.2, 0) is 11.2 Å². The molecule has 4 aromatic rings. The lowest BCUT2D eigenvalue weighted by molar-refractivity contribution is -0.134. The molecule has 9 heteroatoms. The van der Waals surface area contributed by atoms with Crippen LogP contribution < -0.4 is 10.5 Å². The molecule has 0 unspecified atom stereocenters. The first-order valence-corrected chi connectivity index (χ1v) is 15.5. The molecule has 0 bridgehead atoms. The maximum absolute atomic E-state index is 12.8. The van der Waals surface area contributed by atoms with Crippen LogP contribution in [0.2, 0.25) is 0 Å². The standard InChI is InChI=1S/C29H30N4O2S3/c1-36-29-23(16-25(38-29)27(30)31)28-32-24(18-37-28)21-8-5-9-22(15-21)35-17-26(34)33-12-10-20(11-13-33)14-19-6-3-2-4-7-19/h2-9,15-16,18,20H,10-14,17H2,1H3,(H3,30,31). The maximum Gasteiger partial charge on any atom is 0.260 e. The molecule has 0 spiro atoms. The van der Waals surface area contributed by atoms with E-state index < -0.39 is 0 Å². The van der Waals surface area contributed by atoms with Gasteiger partial charge in [-0.05, 0) is 55.2 Å². The Hall–Kier alpha value is -3.14. The molecule has 0 aliphatic carbocycles. The van der Waals surface area contributed by atoms with Gasteiger partial charge >= 0.3 is 0 Å². The Morgan fingerprint density at radius 1 is 1.16 bits per heavy atom. The zero-order chi connectivity index (χ0) is 26.5. The number of nitrogens with one attached hydrogen (secondary N) is 1. The van der Waals surface area contributed by atoms with E-state index in [1.54, 1.807) is 23.1 Å². The maximum atomic E-state index is 12.8. The number of ether oxygens (including phenoxy) is 1. The number of likely N-dealkylation sites (tertiary alicyclic amines) is 1. The molecule has 0 atom stereocenters. The van der Waals surface area contributed by atoms with Crippen LogP contribution in [0.3, 0.4) is 0 Å². The smallest absolute Gasteiger partial charge is 0.260 e. The zero-order valence-electron chi connectivity index (χ0n) is 21.2. The van der Waals surface area contributed by atoms with Gasteiger partial charge in [0.15, 0.2) is 6.61 Å². The third-order valence-electron chi connectivity index (χ3n) is 6.71. The van der Waals surface area contributed by atoms with E-state index in [1.165, 1.54) is 16.9 Å². The van der Waals surface area contributed by atoms with Crippen molar-refractivity contribution in [2.75, 3.05) is 26.0 Å². The summed E-state index contributed by atoms with van der Waals surface area (Å²) < 4.78 is 7.00. The summed E-state index contributed by atoms with van der Waals surface area (Å²) >= 11 is 4.71. The SMILES string of the molecule is CSc1sc(C(=N)N)cc1-c1nc(-c2cccc(OCC(=O)N3CCC(Cc4ccccc4)CC3)c2)cs1. The summed E-state index contributed by atoms with van der Waals surface area (Å²) in [6.45, 7) is 1.61. The Balaban J connectivity index is 1.17. The van der Waals surface area contributed by atoms with Gasteiger partial charge in [-0.15, -0.1) is 34.4 Å². The van der Waals surface area contributed by atoms with E-state index >= 15 is 0 Å². The van der Waals surface area contributed by atoms with Gasteiger partial charge in [-0.1, -0.05) is 42.5 Å². The predicted octanol–water partition coefficient (Wildman–Crippen LogP) is 6.40. The highest BCUT2D eigenvalue weighted by Crippen LogP contribution is 2.40. The number of amidine groups is 1. The van der Waals surface area contributed by atoms with Crippen LogP contribution in [0.25, 0.3) is 21.8 Å². The second-order valence-corrected chi connectivity index (χ2v) is 12.3. The number of hydrogen-bond acceptors (Lipinski definition) is 7. The van der Waals surface area contributed by atoms with Gasteiger partial charge in [0.2, 0.25) is 0 Å². The molecule has 1 amide bonds. The summed E-state index contributed by atoms with van der Waals surface area (Å²) in [5, 5.41) is 10.7. The highest BCUT2D eigenvalue weighted by atomic mass is 32.2. The fourth-order valence-electron chi connectivity index (χ4n) is 4.65. The van der Waals surface area contributed by atoms with Crippen molar-refractivity contribution in [2.45, 2.75) is 23.5 Å². The molecule has 0 saturated carbocycles. The summed E-state index contributed by atoms with van der Waals surface area (Å²) in [6, 6.07) is 20.3. The number of nitrogen functional groups attached to an aromatic ring is 1. The van der Waals surface area contributed by atoms with Crippen molar-refractivity contribution in [3.05, 3.63) is 76.5 Å². The minimum Gasteiger partial charge on any atom is -0.484 e. The molecule has 1 fully saturated rings. The van der Waals surface area contributed by atoms with Gasteiger partial charge in [0.05, 0.1) is 14.8 Å². The molecular weight excluding hydrogens is 533 g/mol. The highest BCUT2D eigenvalue weighted by Gasteiger charge is 2.23. The summed E-state index contributed by atoms with van der Waals surface area (Å²) in [5.74, 6) is 1.39. The number of nitrogens with two attached hydrogens (primary N) is 1. The second-order valence-electron chi connectivity index (χ2n) is 9.30. The number of carbonyl (C=O) groups is 1. The van der Waals surface area contributed by atoms with Gasteiger partial charge < -0.3 is 15.4 Å². The second kappa shape index (κ2) is 12.1. The zero-order valence-corrected chi connectivity index (χ0v) is 23.6. The highest BCUT2D eigenvalue weighted by molar-refractivity contribution is 8.00. The molecule has 0 radical (unpaired) electrons. The van der Waals surface area contributed by atoms with E-state index in [1.807, 2.05) is 52.9 Å². The van der Waals surface area contributed by atoms with Crippen molar-refractivity contribution in [1.82, 2.24) is 9.88 Å². The molecule has 38 heavy (non-hydrogen) atoms. The lowest BCUT2D eigenvalue weighted by Gasteiger charge is -2.32. The fraction of sp³-hybridized carbons (Fsp3) is 0.276. The molecular formula is C29H30N4O2S3. The topological polar surface area (TPSA) is 92.3 Å². The first-order valence-electron chi connectivity index (χ1n) is 12.5.